The quantitative estimate of drug-likeness (QED) is 0.632. The maximum Gasteiger partial charge on any atom is 0.340 e. The number of hydrogen-bond donors (Lipinski definition) is 1. The van der Waals surface area contributed by atoms with Gasteiger partial charge in [0.15, 0.2) is 0 Å². The van der Waals surface area contributed by atoms with Gasteiger partial charge in [-0.25, -0.2) is 4.79 Å². The van der Waals surface area contributed by atoms with Crippen LogP contribution in [0.15, 0.2) is 21.1 Å². The number of carbonyl (C=O) groups excluding carboxylic acids is 1. The highest BCUT2D eigenvalue weighted by molar-refractivity contribution is 9.11. The SMILES string of the molecule is Nc1c(Br)cc(Br)cc1C(=O)OCC1CCOCC1. The molecule has 0 radical (unpaired) electrons. The molecule has 0 bridgehead atoms. The van der Waals surface area contributed by atoms with E-state index in [1.165, 1.54) is 0 Å². The first-order valence-electron chi connectivity index (χ1n) is 6.07. The maximum atomic E-state index is 12.0. The second-order valence-corrected chi connectivity index (χ2v) is 6.27. The lowest BCUT2D eigenvalue weighted by molar-refractivity contribution is 0.0186. The van der Waals surface area contributed by atoms with Gasteiger partial charge in [0.2, 0.25) is 0 Å². The highest BCUT2D eigenvalue weighted by atomic mass is 79.9. The van der Waals surface area contributed by atoms with Crippen molar-refractivity contribution in [3.05, 3.63) is 26.6 Å². The van der Waals surface area contributed by atoms with Crippen LogP contribution in [0.3, 0.4) is 0 Å². The number of carbonyl (C=O) groups is 1. The third-order valence-electron chi connectivity index (χ3n) is 3.11. The van der Waals surface area contributed by atoms with Crippen LogP contribution in [0.4, 0.5) is 5.69 Å². The Morgan fingerprint density at radius 3 is 2.74 bits per heavy atom. The molecule has 1 aliphatic heterocycles. The summed E-state index contributed by atoms with van der Waals surface area (Å²) in [6, 6.07) is 3.47. The Balaban J connectivity index is 1.99. The van der Waals surface area contributed by atoms with Crippen LogP contribution in [-0.4, -0.2) is 25.8 Å². The summed E-state index contributed by atoms with van der Waals surface area (Å²) in [6.45, 7) is 1.91. The number of anilines is 1. The van der Waals surface area contributed by atoms with Gasteiger partial charge in [-0.2, -0.15) is 0 Å². The molecule has 1 aromatic carbocycles. The van der Waals surface area contributed by atoms with E-state index < -0.39 is 0 Å². The van der Waals surface area contributed by atoms with Crippen LogP contribution in [0, 0.1) is 5.92 Å². The molecule has 1 aromatic rings. The zero-order chi connectivity index (χ0) is 13.8. The summed E-state index contributed by atoms with van der Waals surface area (Å²) in [7, 11) is 0. The number of rotatable bonds is 3. The number of ether oxygens (including phenoxy) is 2. The molecule has 1 aliphatic rings. The van der Waals surface area contributed by atoms with Crippen molar-refractivity contribution in [2.45, 2.75) is 12.8 Å². The highest BCUT2D eigenvalue weighted by Crippen LogP contribution is 2.29. The van der Waals surface area contributed by atoms with Gasteiger partial charge in [-0.15, -0.1) is 0 Å². The highest BCUT2D eigenvalue weighted by Gasteiger charge is 2.19. The Bertz CT molecular complexity index is 473. The lowest BCUT2D eigenvalue weighted by Gasteiger charge is -2.21. The molecule has 0 amide bonds. The number of benzene rings is 1. The first-order valence-corrected chi connectivity index (χ1v) is 7.66. The van der Waals surface area contributed by atoms with Crippen LogP contribution in [0.25, 0.3) is 0 Å². The third-order valence-corrected chi connectivity index (χ3v) is 4.22. The van der Waals surface area contributed by atoms with E-state index in [4.69, 9.17) is 15.2 Å². The molecule has 2 N–H and O–H groups in total. The van der Waals surface area contributed by atoms with E-state index in [0.717, 1.165) is 30.5 Å². The van der Waals surface area contributed by atoms with Gasteiger partial charge in [-0.3, -0.25) is 0 Å². The Morgan fingerprint density at radius 1 is 1.37 bits per heavy atom. The molecule has 0 unspecified atom stereocenters. The zero-order valence-corrected chi connectivity index (χ0v) is 13.5. The summed E-state index contributed by atoms with van der Waals surface area (Å²) in [4.78, 5) is 12.0. The first-order chi connectivity index (χ1) is 9.08. The van der Waals surface area contributed by atoms with E-state index in [-0.39, 0.29) is 5.97 Å². The molecule has 0 aliphatic carbocycles. The summed E-state index contributed by atoms with van der Waals surface area (Å²) >= 11 is 6.65. The average molecular weight is 393 g/mol. The third kappa shape index (κ3) is 3.94. The van der Waals surface area contributed by atoms with Crippen LogP contribution in [0.2, 0.25) is 0 Å². The molecule has 4 nitrogen and oxygen atoms in total. The van der Waals surface area contributed by atoms with Crippen molar-refractivity contribution in [3.63, 3.8) is 0 Å². The van der Waals surface area contributed by atoms with Gasteiger partial charge in [0.25, 0.3) is 0 Å². The molecule has 104 valence electrons. The van der Waals surface area contributed by atoms with Gasteiger partial charge in [-0.05, 0) is 46.8 Å². The second-order valence-electron chi connectivity index (χ2n) is 4.50. The predicted octanol–water partition coefficient (Wildman–Crippen LogP) is 3.38. The van der Waals surface area contributed by atoms with Gasteiger partial charge in [0, 0.05) is 22.2 Å². The van der Waals surface area contributed by atoms with Gasteiger partial charge in [0.1, 0.15) is 0 Å². The fourth-order valence-corrected chi connectivity index (χ4v) is 3.16. The van der Waals surface area contributed by atoms with Gasteiger partial charge in [0.05, 0.1) is 17.9 Å². The van der Waals surface area contributed by atoms with E-state index in [2.05, 4.69) is 31.9 Å². The van der Waals surface area contributed by atoms with Gasteiger partial charge < -0.3 is 15.2 Å². The minimum atomic E-state index is -0.383. The summed E-state index contributed by atoms with van der Waals surface area (Å²) < 4.78 is 12.1. The molecule has 1 heterocycles. The van der Waals surface area contributed by atoms with E-state index in [0.29, 0.717) is 28.2 Å². The Morgan fingerprint density at radius 2 is 2.05 bits per heavy atom. The molecule has 0 spiro atoms. The van der Waals surface area contributed by atoms with E-state index in [9.17, 15) is 4.79 Å². The largest absolute Gasteiger partial charge is 0.462 e. The Labute approximate surface area is 128 Å². The minimum Gasteiger partial charge on any atom is -0.462 e. The first kappa shape index (κ1) is 14.8. The lowest BCUT2D eigenvalue weighted by atomic mass is 10.0. The monoisotopic (exact) mass is 391 g/mol. The summed E-state index contributed by atoms with van der Waals surface area (Å²) in [6.07, 6.45) is 1.87. The molecule has 0 saturated carbocycles. The van der Waals surface area contributed by atoms with Crippen LogP contribution >= 0.6 is 31.9 Å². The number of halogens is 2. The van der Waals surface area contributed by atoms with Crippen molar-refractivity contribution in [2.75, 3.05) is 25.6 Å². The molecule has 19 heavy (non-hydrogen) atoms. The van der Waals surface area contributed by atoms with Crippen molar-refractivity contribution >= 4 is 43.5 Å². The number of nitrogen functional groups attached to an aromatic ring is 1. The summed E-state index contributed by atoms with van der Waals surface area (Å²) in [5.41, 5.74) is 6.66. The predicted molar refractivity (Wildman–Crippen MR) is 80.1 cm³/mol. The molecule has 1 fully saturated rings. The molecule has 6 heteroatoms. The fourth-order valence-electron chi connectivity index (χ4n) is 1.94. The summed E-state index contributed by atoms with van der Waals surface area (Å²) in [5.74, 6) is 0.000472. The van der Waals surface area contributed by atoms with E-state index in [1.54, 1.807) is 12.1 Å². The van der Waals surface area contributed by atoms with Gasteiger partial charge in [-0.1, -0.05) is 15.9 Å². The molecule has 0 aromatic heterocycles. The Kier molecular flexibility index (Phi) is 5.24. The second kappa shape index (κ2) is 6.72. The number of nitrogens with two attached hydrogens (primary N) is 1. The van der Waals surface area contributed by atoms with Crippen LogP contribution in [0.5, 0.6) is 0 Å². The number of esters is 1. The topological polar surface area (TPSA) is 61.6 Å². The Hall–Kier alpha value is -0.590. The standard InChI is InChI=1S/C13H15Br2NO3/c14-9-5-10(12(16)11(15)6-9)13(17)19-7-8-1-3-18-4-2-8/h5-6,8H,1-4,7,16H2. The molecule has 2 rings (SSSR count). The lowest BCUT2D eigenvalue weighted by Crippen LogP contribution is -2.22. The fraction of sp³-hybridized carbons (Fsp3) is 0.462. The van der Waals surface area contributed by atoms with Crippen molar-refractivity contribution in [1.82, 2.24) is 0 Å². The minimum absolute atomic E-state index is 0.383. The van der Waals surface area contributed by atoms with E-state index in [1.807, 2.05) is 0 Å². The van der Waals surface area contributed by atoms with Crippen molar-refractivity contribution in [1.29, 1.82) is 0 Å². The van der Waals surface area contributed by atoms with Crippen molar-refractivity contribution in [2.24, 2.45) is 5.92 Å². The van der Waals surface area contributed by atoms with Crippen LogP contribution < -0.4 is 5.73 Å². The van der Waals surface area contributed by atoms with Crippen LogP contribution in [0.1, 0.15) is 23.2 Å². The van der Waals surface area contributed by atoms with Gasteiger partial charge >= 0.3 is 5.97 Å². The molecular weight excluding hydrogens is 378 g/mol. The van der Waals surface area contributed by atoms with Crippen molar-refractivity contribution < 1.29 is 14.3 Å². The van der Waals surface area contributed by atoms with E-state index >= 15 is 0 Å². The smallest absolute Gasteiger partial charge is 0.340 e. The van der Waals surface area contributed by atoms with Crippen molar-refractivity contribution in [3.8, 4) is 0 Å². The molecular formula is C13H15Br2NO3. The zero-order valence-electron chi connectivity index (χ0n) is 10.3. The molecule has 1 saturated heterocycles. The number of hydrogen-bond acceptors (Lipinski definition) is 4. The normalized spacial score (nSPS) is 16.3. The maximum absolute atomic E-state index is 12.0. The molecule has 0 atom stereocenters. The summed E-state index contributed by atoms with van der Waals surface area (Å²) in [5, 5.41) is 0. The van der Waals surface area contributed by atoms with Crippen LogP contribution in [-0.2, 0) is 9.47 Å². The average Bonchev–Trinajstić information content (AvgIpc) is 2.41.